The first kappa shape index (κ1) is 21.8. The van der Waals surface area contributed by atoms with Crippen LogP contribution in [0.15, 0.2) is 47.6 Å². The highest BCUT2D eigenvalue weighted by atomic mass is 32.2. The largest absolute Gasteiger partial charge is 0.386 e. The van der Waals surface area contributed by atoms with E-state index in [9.17, 15) is 17.6 Å². The molecule has 1 aliphatic rings. The summed E-state index contributed by atoms with van der Waals surface area (Å²) in [5, 5.41) is 2.67. The average molecular weight is 434 g/mol. The Kier molecular flexibility index (Phi) is 5.42. The predicted molar refractivity (Wildman–Crippen MR) is 113 cm³/mol. The van der Waals surface area contributed by atoms with Crippen LogP contribution in [0.2, 0.25) is 0 Å². The quantitative estimate of drug-likeness (QED) is 0.769. The zero-order chi connectivity index (χ0) is 22.3. The van der Waals surface area contributed by atoms with Crippen LogP contribution in [0.5, 0.6) is 0 Å². The lowest BCUT2D eigenvalue weighted by Gasteiger charge is -2.29. The van der Waals surface area contributed by atoms with Gasteiger partial charge in [0.2, 0.25) is 10.0 Å². The number of rotatable bonds is 3. The van der Waals surface area contributed by atoms with Gasteiger partial charge in [0.1, 0.15) is 27.6 Å². The summed E-state index contributed by atoms with van der Waals surface area (Å²) in [7, 11) is -2.39. The van der Waals surface area contributed by atoms with Crippen molar-refractivity contribution in [1.82, 2.24) is 9.29 Å². The second-order valence-corrected chi connectivity index (χ2v) is 10.5. The van der Waals surface area contributed by atoms with Crippen LogP contribution in [0.4, 0.5) is 10.1 Å². The standard InChI is InChI=1S/C20H24FN5O3S/c1-19(2)18(22)25-20(3,12-26(4)30(19,28)29)14-11-13(8-9-15(14)21)24-17(27)16-7-5-6-10-23-16/h5-11H,12H2,1-4H3,(H2,22,25)(H,24,27)/t20-/m0/s1. The van der Waals surface area contributed by atoms with Gasteiger partial charge in [-0.1, -0.05) is 6.07 Å². The number of aromatic nitrogens is 1. The highest BCUT2D eigenvalue weighted by molar-refractivity contribution is 7.91. The van der Waals surface area contributed by atoms with Crippen LogP contribution in [-0.2, 0) is 15.6 Å². The number of benzene rings is 1. The zero-order valence-corrected chi connectivity index (χ0v) is 18.0. The van der Waals surface area contributed by atoms with E-state index in [1.807, 2.05) is 0 Å². The van der Waals surface area contributed by atoms with Gasteiger partial charge in [0.25, 0.3) is 5.91 Å². The number of anilines is 1. The van der Waals surface area contributed by atoms with Gasteiger partial charge in [-0.2, -0.15) is 0 Å². The summed E-state index contributed by atoms with van der Waals surface area (Å²) in [6, 6.07) is 8.97. The summed E-state index contributed by atoms with van der Waals surface area (Å²) in [5.41, 5.74) is 5.40. The van der Waals surface area contributed by atoms with Crippen LogP contribution >= 0.6 is 0 Å². The van der Waals surface area contributed by atoms with Gasteiger partial charge in [0.15, 0.2) is 0 Å². The lowest BCUT2D eigenvalue weighted by molar-refractivity contribution is 0.102. The highest BCUT2D eigenvalue weighted by Gasteiger charge is 2.48. The van der Waals surface area contributed by atoms with E-state index >= 15 is 0 Å². The molecule has 3 N–H and O–H groups in total. The molecule has 30 heavy (non-hydrogen) atoms. The molecule has 0 aliphatic carbocycles. The van der Waals surface area contributed by atoms with Crippen LogP contribution in [-0.4, -0.2) is 47.8 Å². The number of nitrogens with zero attached hydrogens (tertiary/aromatic N) is 3. The van der Waals surface area contributed by atoms with E-state index < -0.39 is 32.0 Å². The van der Waals surface area contributed by atoms with Gasteiger partial charge in [0, 0.05) is 31.0 Å². The molecule has 10 heteroatoms. The first-order valence-electron chi connectivity index (χ1n) is 9.22. The highest BCUT2D eigenvalue weighted by Crippen LogP contribution is 2.36. The van der Waals surface area contributed by atoms with Crippen molar-refractivity contribution in [3.8, 4) is 0 Å². The van der Waals surface area contributed by atoms with Crippen LogP contribution in [0.25, 0.3) is 0 Å². The van der Waals surface area contributed by atoms with E-state index in [0.29, 0.717) is 5.69 Å². The Morgan fingerprint density at radius 1 is 1.23 bits per heavy atom. The number of likely N-dealkylation sites (N-methyl/N-ethyl adjacent to an activating group) is 1. The first-order chi connectivity index (χ1) is 13.9. The fourth-order valence-corrected chi connectivity index (χ4v) is 4.84. The monoisotopic (exact) mass is 433 g/mol. The molecule has 1 aromatic heterocycles. The summed E-state index contributed by atoms with van der Waals surface area (Å²) in [6.45, 7) is 4.41. The Morgan fingerprint density at radius 2 is 1.93 bits per heavy atom. The molecule has 2 heterocycles. The molecule has 8 nitrogen and oxygen atoms in total. The van der Waals surface area contributed by atoms with Crippen molar-refractivity contribution in [2.24, 2.45) is 10.7 Å². The van der Waals surface area contributed by atoms with Crippen molar-refractivity contribution in [2.75, 3.05) is 18.9 Å². The van der Waals surface area contributed by atoms with E-state index in [0.717, 1.165) is 4.31 Å². The summed E-state index contributed by atoms with van der Waals surface area (Å²) >= 11 is 0. The molecule has 1 atom stereocenters. The summed E-state index contributed by atoms with van der Waals surface area (Å²) < 4.78 is 40.2. The third-order valence-corrected chi connectivity index (χ3v) is 7.72. The molecule has 3 rings (SSSR count). The van der Waals surface area contributed by atoms with Gasteiger partial charge in [0.05, 0.1) is 0 Å². The Bertz CT molecular complexity index is 1120. The summed E-state index contributed by atoms with van der Waals surface area (Å²) in [6.07, 6.45) is 1.49. The molecule has 1 amide bonds. The molecule has 0 radical (unpaired) electrons. The third kappa shape index (κ3) is 3.68. The second kappa shape index (κ2) is 7.44. The SMILES string of the molecule is CN1C[C@@](C)(c2cc(NC(=O)c3ccccn3)ccc2F)N=C(N)C(C)(C)S1(=O)=O. The number of aliphatic imine (C=N–C) groups is 1. The van der Waals surface area contributed by atoms with Crippen LogP contribution < -0.4 is 11.1 Å². The van der Waals surface area contributed by atoms with Gasteiger partial charge in [-0.15, -0.1) is 0 Å². The first-order valence-corrected chi connectivity index (χ1v) is 10.7. The molecule has 0 saturated carbocycles. The van der Waals surface area contributed by atoms with Gasteiger partial charge in [-0.05, 0) is 51.1 Å². The predicted octanol–water partition coefficient (Wildman–Crippen LogP) is 2.10. The zero-order valence-electron chi connectivity index (χ0n) is 17.2. The van der Waals surface area contributed by atoms with E-state index in [-0.39, 0.29) is 23.6 Å². The molecular formula is C20H24FN5O3S. The molecule has 1 aromatic carbocycles. The van der Waals surface area contributed by atoms with Crippen molar-refractivity contribution in [3.05, 3.63) is 59.7 Å². The normalized spacial score (nSPS) is 23.3. The average Bonchev–Trinajstić information content (AvgIpc) is 2.73. The Balaban J connectivity index is 2.03. The molecule has 0 fully saturated rings. The Hall–Kier alpha value is -2.85. The number of nitrogens with two attached hydrogens (primary N) is 1. The van der Waals surface area contributed by atoms with Crippen LogP contribution in [0.3, 0.4) is 0 Å². The number of nitrogens with one attached hydrogen (secondary N) is 1. The fourth-order valence-electron chi connectivity index (χ4n) is 3.33. The Labute approximate surface area is 175 Å². The number of hydrogen-bond donors (Lipinski definition) is 2. The lowest BCUT2D eigenvalue weighted by atomic mass is 9.91. The number of carbonyl (C=O) groups excluding carboxylic acids is 1. The molecule has 1 aliphatic heterocycles. The van der Waals surface area contributed by atoms with Crippen molar-refractivity contribution in [1.29, 1.82) is 0 Å². The van der Waals surface area contributed by atoms with Crippen molar-refractivity contribution >= 4 is 27.5 Å². The summed E-state index contributed by atoms with van der Waals surface area (Å²) in [5.74, 6) is -1.16. The number of carbonyl (C=O) groups is 1. The topological polar surface area (TPSA) is 118 Å². The second-order valence-electron chi connectivity index (χ2n) is 7.91. The molecule has 0 unspecified atom stereocenters. The van der Waals surface area contributed by atoms with E-state index in [1.165, 1.54) is 45.3 Å². The molecule has 0 spiro atoms. The minimum atomic E-state index is -3.81. The van der Waals surface area contributed by atoms with Crippen molar-refractivity contribution in [3.63, 3.8) is 0 Å². The van der Waals surface area contributed by atoms with E-state index in [2.05, 4.69) is 15.3 Å². The van der Waals surface area contributed by atoms with Gasteiger partial charge in [-0.3, -0.25) is 14.8 Å². The van der Waals surface area contributed by atoms with Crippen LogP contribution in [0, 0.1) is 5.82 Å². The number of amidine groups is 1. The minimum Gasteiger partial charge on any atom is -0.386 e. The Morgan fingerprint density at radius 3 is 2.57 bits per heavy atom. The van der Waals surface area contributed by atoms with E-state index in [4.69, 9.17) is 5.73 Å². The maximum atomic E-state index is 14.8. The maximum Gasteiger partial charge on any atom is 0.274 e. The van der Waals surface area contributed by atoms with Crippen molar-refractivity contribution in [2.45, 2.75) is 31.1 Å². The molecule has 2 aromatic rings. The lowest BCUT2D eigenvalue weighted by Crippen LogP contribution is -2.50. The number of hydrogen-bond acceptors (Lipinski definition) is 6. The van der Waals surface area contributed by atoms with Crippen LogP contribution in [0.1, 0.15) is 36.8 Å². The van der Waals surface area contributed by atoms with Gasteiger partial charge < -0.3 is 11.1 Å². The van der Waals surface area contributed by atoms with Crippen molar-refractivity contribution < 1.29 is 17.6 Å². The number of halogens is 1. The molecule has 0 saturated heterocycles. The maximum absolute atomic E-state index is 14.8. The molecule has 160 valence electrons. The number of sulfonamides is 1. The molecule has 0 bridgehead atoms. The minimum absolute atomic E-state index is 0.114. The van der Waals surface area contributed by atoms with Gasteiger partial charge in [-0.25, -0.2) is 17.1 Å². The third-order valence-electron chi connectivity index (χ3n) is 5.27. The molecular weight excluding hydrogens is 409 g/mol. The van der Waals surface area contributed by atoms with Gasteiger partial charge >= 0.3 is 0 Å². The smallest absolute Gasteiger partial charge is 0.274 e. The summed E-state index contributed by atoms with van der Waals surface area (Å²) in [4.78, 5) is 20.8. The fraction of sp³-hybridized carbons (Fsp3) is 0.350. The van der Waals surface area contributed by atoms with E-state index in [1.54, 1.807) is 25.1 Å². The number of amides is 1. The number of pyridine rings is 1.